The highest BCUT2D eigenvalue weighted by Crippen LogP contribution is 2.21. The van der Waals surface area contributed by atoms with Crippen molar-refractivity contribution in [2.75, 3.05) is 6.73 Å². The van der Waals surface area contributed by atoms with Crippen molar-refractivity contribution >= 4 is 35.3 Å². The molecule has 0 radical (unpaired) electrons. The molecule has 7 heteroatoms. The Hall–Kier alpha value is -1.46. The van der Waals surface area contributed by atoms with Gasteiger partial charge < -0.3 is 9.47 Å². The highest BCUT2D eigenvalue weighted by molar-refractivity contribution is 6.44. The Balaban J connectivity index is 1.89. The van der Waals surface area contributed by atoms with Crippen molar-refractivity contribution < 1.29 is 19.1 Å². The zero-order valence-electron chi connectivity index (χ0n) is 11.2. The molecule has 0 saturated carbocycles. The van der Waals surface area contributed by atoms with E-state index in [1.807, 2.05) is 30.3 Å². The molecule has 1 heterocycles. The van der Waals surface area contributed by atoms with E-state index in [1.54, 1.807) is 0 Å². The predicted octanol–water partition coefficient (Wildman–Crippen LogP) is 3.09. The van der Waals surface area contributed by atoms with Gasteiger partial charge in [-0.3, -0.25) is 4.90 Å². The molecule has 114 valence electrons. The lowest BCUT2D eigenvalue weighted by Gasteiger charge is -2.19. The Labute approximate surface area is 132 Å². The number of carbonyl (C=O) groups is 2. The second-order valence-corrected chi connectivity index (χ2v) is 5.86. The summed E-state index contributed by atoms with van der Waals surface area (Å²) >= 11 is 11.3. The third kappa shape index (κ3) is 4.51. The molecule has 1 atom stereocenters. The first-order valence-corrected chi connectivity index (χ1v) is 7.37. The molecule has 21 heavy (non-hydrogen) atoms. The lowest BCUT2D eigenvalue weighted by atomic mass is 10.1. The van der Waals surface area contributed by atoms with Crippen LogP contribution in [0.5, 0.6) is 0 Å². The number of amides is 1. The van der Waals surface area contributed by atoms with Crippen LogP contribution in [-0.4, -0.2) is 34.6 Å². The van der Waals surface area contributed by atoms with Gasteiger partial charge in [-0.1, -0.05) is 30.3 Å². The summed E-state index contributed by atoms with van der Waals surface area (Å²) in [5, 5.41) is 0. The lowest BCUT2D eigenvalue weighted by molar-refractivity contribution is -0.139. The van der Waals surface area contributed by atoms with Crippen molar-refractivity contribution in [3.05, 3.63) is 35.9 Å². The molecule has 0 unspecified atom stereocenters. The van der Waals surface area contributed by atoms with E-state index in [9.17, 15) is 9.59 Å². The molecule has 0 spiro atoms. The van der Waals surface area contributed by atoms with Gasteiger partial charge in [0.2, 0.25) is 0 Å². The molecule has 2 rings (SSSR count). The Bertz CT molecular complexity index is 495. The highest BCUT2D eigenvalue weighted by Gasteiger charge is 2.38. The topological polar surface area (TPSA) is 55.8 Å². The highest BCUT2D eigenvalue weighted by atomic mass is 35.5. The average molecular weight is 332 g/mol. The van der Waals surface area contributed by atoms with Crippen molar-refractivity contribution in [2.45, 2.75) is 30.3 Å². The number of hydrogen-bond donors (Lipinski definition) is 0. The number of halogens is 2. The molecule has 0 aliphatic carbocycles. The monoisotopic (exact) mass is 331 g/mol. The number of benzene rings is 1. The summed E-state index contributed by atoms with van der Waals surface area (Å²) in [6, 6.07) is 8.60. The summed E-state index contributed by atoms with van der Waals surface area (Å²) in [5.41, 5.74) is 0.871. The third-order valence-electron chi connectivity index (χ3n) is 3.09. The Kier molecular flexibility index (Phi) is 5.70. The molecule has 0 N–H and O–H groups in total. The van der Waals surface area contributed by atoms with Crippen molar-refractivity contribution in [1.82, 2.24) is 4.90 Å². The quantitative estimate of drug-likeness (QED) is 0.614. The van der Waals surface area contributed by atoms with Gasteiger partial charge in [0.05, 0.1) is 0 Å². The number of alkyl halides is 2. The van der Waals surface area contributed by atoms with E-state index in [2.05, 4.69) is 0 Å². The SMILES string of the molecule is O=C1OCN(C(=O)OCc2ccccc2)[C@H]1CCC(Cl)Cl. The van der Waals surface area contributed by atoms with Crippen molar-refractivity contribution in [2.24, 2.45) is 0 Å². The van der Waals surface area contributed by atoms with Gasteiger partial charge in [0.15, 0.2) is 6.73 Å². The van der Waals surface area contributed by atoms with Gasteiger partial charge in [0.1, 0.15) is 17.5 Å². The van der Waals surface area contributed by atoms with E-state index in [-0.39, 0.29) is 13.3 Å². The van der Waals surface area contributed by atoms with Gasteiger partial charge in [-0.05, 0) is 18.4 Å². The Morgan fingerprint density at radius 3 is 2.76 bits per heavy atom. The van der Waals surface area contributed by atoms with E-state index in [0.29, 0.717) is 12.8 Å². The molecule has 1 saturated heterocycles. The van der Waals surface area contributed by atoms with Gasteiger partial charge in [-0.25, -0.2) is 9.59 Å². The molecule has 0 bridgehead atoms. The predicted molar refractivity (Wildman–Crippen MR) is 77.9 cm³/mol. The number of ether oxygens (including phenoxy) is 2. The van der Waals surface area contributed by atoms with Gasteiger partial charge in [-0.2, -0.15) is 0 Å². The standard InChI is InChI=1S/C14H15Cl2NO4/c15-12(16)7-6-11-13(18)21-9-17(11)14(19)20-8-10-4-2-1-3-5-10/h1-5,11-12H,6-9H2/t11-/m0/s1. The first-order chi connectivity index (χ1) is 10.1. The number of rotatable bonds is 5. The third-order valence-corrected chi connectivity index (χ3v) is 3.53. The van der Waals surface area contributed by atoms with Crippen molar-refractivity contribution in [1.29, 1.82) is 0 Å². The summed E-state index contributed by atoms with van der Waals surface area (Å²) in [7, 11) is 0. The number of nitrogens with zero attached hydrogens (tertiary/aromatic N) is 1. The second-order valence-electron chi connectivity index (χ2n) is 4.59. The number of hydrogen-bond acceptors (Lipinski definition) is 4. The largest absolute Gasteiger partial charge is 0.444 e. The van der Waals surface area contributed by atoms with Crippen LogP contribution in [0.4, 0.5) is 4.79 Å². The molecule has 1 aliphatic heterocycles. The molecule has 0 aromatic heterocycles. The average Bonchev–Trinajstić information content (AvgIpc) is 2.85. The zero-order chi connectivity index (χ0) is 15.2. The van der Waals surface area contributed by atoms with Crippen LogP contribution in [0.15, 0.2) is 30.3 Å². The maximum absolute atomic E-state index is 12.0. The van der Waals surface area contributed by atoms with Gasteiger partial charge >= 0.3 is 12.1 Å². The van der Waals surface area contributed by atoms with Gasteiger partial charge in [0.25, 0.3) is 0 Å². The first-order valence-electron chi connectivity index (χ1n) is 6.50. The summed E-state index contributed by atoms with van der Waals surface area (Å²) in [4.78, 5) is 24.3. The summed E-state index contributed by atoms with van der Waals surface area (Å²) in [6.45, 7) is 0.0388. The number of esters is 1. The zero-order valence-corrected chi connectivity index (χ0v) is 12.7. The molecule has 5 nitrogen and oxygen atoms in total. The van der Waals surface area contributed by atoms with Crippen molar-refractivity contribution in [3.63, 3.8) is 0 Å². The van der Waals surface area contributed by atoms with Gasteiger partial charge in [0, 0.05) is 0 Å². The second kappa shape index (κ2) is 7.52. The molecule has 1 aromatic carbocycles. The van der Waals surface area contributed by atoms with E-state index in [4.69, 9.17) is 32.7 Å². The number of carbonyl (C=O) groups excluding carboxylic acids is 2. The first kappa shape index (κ1) is 15.9. The fourth-order valence-electron chi connectivity index (χ4n) is 1.99. The normalized spacial score (nSPS) is 18.0. The molecule has 1 aromatic rings. The summed E-state index contributed by atoms with van der Waals surface area (Å²) in [5.74, 6) is -0.458. The minimum absolute atomic E-state index is 0.105. The Morgan fingerprint density at radius 1 is 1.38 bits per heavy atom. The minimum Gasteiger partial charge on any atom is -0.444 e. The van der Waals surface area contributed by atoms with Crippen LogP contribution in [0.1, 0.15) is 18.4 Å². The van der Waals surface area contributed by atoms with Crippen LogP contribution in [0.2, 0.25) is 0 Å². The van der Waals surface area contributed by atoms with E-state index in [0.717, 1.165) is 5.56 Å². The summed E-state index contributed by atoms with van der Waals surface area (Å²) < 4.78 is 10.1. The van der Waals surface area contributed by atoms with Gasteiger partial charge in [-0.15, -0.1) is 23.2 Å². The maximum atomic E-state index is 12.0. The summed E-state index contributed by atoms with van der Waals surface area (Å²) in [6.07, 6.45) is 0.151. The smallest absolute Gasteiger partial charge is 0.413 e. The molecular weight excluding hydrogens is 317 g/mol. The van der Waals surface area contributed by atoms with Crippen LogP contribution in [-0.2, 0) is 20.9 Å². The molecule has 1 fully saturated rings. The Morgan fingerprint density at radius 2 is 2.10 bits per heavy atom. The van der Waals surface area contributed by atoms with E-state index in [1.165, 1.54) is 4.90 Å². The fraction of sp³-hybridized carbons (Fsp3) is 0.429. The molecular formula is C14H15Cl2NO4. The lowest BCUT2D eigenvalue weighted by Crippen LogP contribution is -2.38. The number of cyclic esters (lactones) is 1. The molecule has 1 aliphatic rings. The van der Waals surface area contributed by atoms with Crippen molar-refractivity contribution in [3.8, 4) is 0 Å². The van der Waals surface area contributed by atoms with Crippen LogP contribution in [0.25, 0.3) is 0 Å². The van der Waals surface area contributed by atoms with E-state index < -0.39 is 22.9 Å². The van der Waals surface area contributed by atoms with Crippen LogP contribution in [0.3, 0.4) is 0 Å². The fourth-order valence-corrected chi connectivity index (χ4v) is 2.24. The van der Waals surface area contributed by atoms with Crippen LogP contribution in [0, 0.1) is 0 Å². The van der Waals surface area contributed by atoms with E-state index >= 15 is 0 Å². The minimum atomic E-state index is -0.687. The molecule has 1 amide bonds. The van der Waals surface area contributed by atoms with Crippen LogP contribution >= 0.6 is 23.2 Å². The maximum Gasteiger partial charge on any atom is 0.413 e. The van der Waals surface area contributed by atoms with Crippen LogP contribution < -0.4 is 0 Å².